The van der Waals surface area contributed by atoms with Crippen LogP contribution in [0.15, 0.2) is 12.3 Å². The van der Waals surface area contributed by atoms with Crippen molar-refractivity contribution >= 4 is 17.4 Å². The topological polar surface area (TPSA) is 56.0 Å². The number of carbonyl (C=O) groups excluding carboxylic acids is 1. The summed E-state index contributed by atoms with van der Waals surface area (Å²) in [6.45, 7) is -0.349. The predicted molar refractivity (Wildman–Crippen MR) is 47.6 cm³/mol. The monoisotopic (exact) mass is 238 g/mol. The van der Waals surface area contributed by atoms with Crippen molar-refractivity contribution in [1.29, 1.82) is 0 Å². The van der Waals surface area contributed by atoms with E-state index in [-0.39, 0.29) is 17.3 Å². The number of rotatable bonds is 2. The minimum Gasteiger partial charge on any atom is -0.324 e. The first-order chi connectivity index (χ1) is 6.86. The van der Waals surface area contributed by atoms with Crippen LogP contribution in [0.3, 0.4) is 0 Å². The summed E-state index contributed by atoms with van der Waals surface area (Å²) in [6.07, 6.45) is -3.98. The van der Waals surface area contributed by atoms with Gasteiger partial charge in [0.25, 0.3) is 0 Å². The molecule has 0 unspecified atom stereocenters. The molecule has 0 saturated heterocycles. The normalized spacial score (nSPS) is 11.5. The number of ketones is 1. The SMILES string of the molecule is NCC(=O)c1ncc(C(F)(F)F)cc1Cl. The first-order valence-corrected chi connectivity index (χ1v) is 4.20. The largest absolute Gasteiger partial charge is 0.417 e. The van der Waals surface area contributed by atoms with Crippen LogP contribution in [0.2, 0.25) is 5.02 Å². The van der Waals surface area contributed by atoms with Crippen molar-refractivity contribution < 1.29 is 18.0 Å². The second kappa shape index (κ2) is 4.16. The summed E-state index contributed by atoms with van der Waals surface area (Å²) in [4.78, 5) is 14.4. The number of alkyl halides is 3. The quantitative estimate of drug-likeness (QED) is 0.801. The summed E-state index contributed by atoms with van der Waals surface area (Å²) in [5.74, 6) is -0.603. The molecule has 2 N–H and O–H groups in total. The number of hydrogen-bond acceptors (Lipinski definition) is 3. The van der Waals surface area contributed by atoms with Crippen LogP contribution in [0.5, 0.6) is 0 Å². The Labute approximate surface area is 88.0 Å². The second-order valence-electron chi connectivity index (χ2n) is 2.68. The molecular formula is C8H6ClF3N2O. The molecule has 3 nitrogen and oxygen atoms in total. The molecule has 1 aromatic heterocycles. The molecule has 15 heavy (non-hydrogen) atoms. The molecule has 0 radical (unpaired) electrons. The van der Waals surface area contributed by atoms with Gasteiger partial charge < -0.3 is 5.73 Å². The fraction of sp³-hybridized carbons (Fsp3) is 0.250. The van der Waals surface area contributed by atoms with Crippen LogP contribution in [0, 0.1) is 0 Å². The smallest absolute Gasteiger partial charge is 0.324 e. The lowest BCUT2D eigenvalue weighted by Crippen LogP contribution is -2.16. The Morgan fingerprint density at radius 1 is 1.53 bits per heavy atom. The van der Waals surface area contributed by atoms with E-state index >= 15 is 0 Å². The zero-order chi connectivity index (χ0) is 11.6. The van der Waals surface area contributed by atoms with Gasteiger partial charge >= 0.3 is 6.18 Å². The van der Waals surface area contributed by atoms with Crippen molar-refractivity contribution in [3.63, 3.8) is 0 Å². The summed E-state index contributed by atoms with van der Waals surface area (Å²) >= 11 is 5.47. The first kappa shape index (κ1) is 11.9. The molecule has 0 aromatic carbocycles. The Morgan fingerprint density at radius 2 is 2.13 bits per heavy atom. The fourth-order valence-corrected chi connectivity index (χ4v) is 1.17. The molecule has 0 atom stereocenters. The van der Waals surface area contributed by atoms with Gasteiger partial charge in [0.1, 0.15) is 5.69 Å². The number of nitrogens with zero attached hydrogens (tertiary/aromatic N) is 1. The lowest BCUT2D eigenvalue weighted by Gasteiger charge is -2.07. The lowest BCUT2D eigenvalue weighted by molar-refractivity contribution is -0.137. The fourth-order valence-electron chi connectivity index (χ4n) is 0.895. The minimum atomic E-state index is -4.53. The third-order valence-electron chi connectivity index (χ3n) is 1.62. The molecular weight excluding hydrogens is 233 g/mol. The van der Waals surface area contributed by atoms with E-state index in [0.29, 0.717) is 12.3 Å². The predicted octanol–water partition coefficient (Wildman–Crippen LogP) is 1.90. The van der Waals surface area contributed by atoms with Gasteiger partial charge in [-0.3, -0.25) is 9.78 Å². The molecule has 1 aromatic rings. The Hall–Kier alpha value is -1.14. The van der Waals surface area contributed by atoms with Crippen molar-refractivity contribution in [3.8, 4) is 0 Å². The molecule has 0 bridgehead atoms. The van der Waals surface area contributed by atoms with Gasteiger partial charge in [-0.2, -0.15) is 13.2 Å². The number of pyridine rings is 1. The summed E-state index contributed by atoms with van der Waals surface area (Å²) in [7, 11) is 0. The Morgan fingerprint density at radius 3 is 2.53 bits per heavy atom. The van der Waals surface area contributed by atoms with Gasteiger partial charge in [0.05, 0.1) is 17.1 Å². The average molecular weight is 239 g/mol. The minimum absolute atomic E-state index is 0.243. The van der Waals surface area contributed by atoms with Gasteiger partial charge in [-0.1, -0.05) is 11.6 Å². The van der Waals surface area contributed by atoms with E-state index < -0.39 is 17.5 Å². The number of nitrogens with two attached hydrogens (primary N) is 1. The standard InChI is InChI=1S/C8H6ClF3N2O/c9-5-1-4(8(10,11)12)3-14-7(5)6(15)2-13/h1,3H,2,13H2. The average Bonchev–Trinajstić information content (AvgIpc) is 2.15. The molecule has 1 rings (SSSR count). The van der Waals surface area contributed by atoms with Gasteiger partial charge in [-0.15, -0.1) is 0 Å². The third kappa shape index (κ3) is 2.66. The Bertz CT molecular complexity index is 392. The molecule has 7 heteroatoms. The van der Waals surface area contributed by atoms with Gasteiger partial charge in [0, 0.05) is 6.20 Å². The van der Waals surface area contributed by atoms with Gasteiger partial charge in [-0.25, -0.2) is 0 Å². The van der Waals surface area contributed by atoms with Crippen LogP contribution in [0.4, 0.5) is 13.2 Å². The highest BCUT2D eigenvalue weighted by molar-refractivity contribution is 6.33. The third-order valence-corrected chi connectivity index (χ3v) is 1.91. The van der Waals surface area contributed by atoms with E-state index in [1.807, 2.05) is 0 Å². The van der Waals surface area contributed by atoms with Crippen LogP contribution < -0.4 is 5.73 Å². The molecule has 0 amide bonds. The van der Waals surface area contributed by atoms with E-state index in [1.54, 1.807) is 0 Å². The number of hydrogen-bond donors (Lipinski definition) is 1. The van der Waals surface area contributed by atoms with Crippen LogP contribution >= 0.6 is 11.6 Å². The zero-order valence-corrected chi connectivity index (χ0v) is 8.06. The van der Waals surface area contributed by atoms with E-state index in [0.717, 1.165) is 0 Å². The number of halogens is 4. The van der Waals surface area contributed by atoms with E-state index in [2.05, 4.69) is 4.98 Å². The maximum Gasteiger partial charge on any atom is 0.417 e. The van der Waals surface area contributed by atoms with Crippen molar-refractivity contribution in [3.05, 3.63) is 28.5 Å². The lowest BCUT2D eigenvalue weighted by atomic mass is 10.2. The van der Waals surface area contributed by atoms with E-state index in [9.17, 15) is 18.0 Å². The van der Waals surface area contributed by atoms with Crippen molar-refractivity contribution in [2.75, 3.05) is 6.54 Å². The van der Waals surface area contributed by atoms with Crippen molar-refractivity contribution in [2.24, 2.45) is 5.73 Å². The summed E-state index contributed by atoms with van der Waals surface area (Å²) in [6, 6.07) is 0.650. The highest BCUT2D eigenvalue weighted by Gasteiger charge is 2.31. The highest BCUT2D eigenvalue weighted by atomic mass is 35.5. The molecule has 1 heterocycles. The maximum absolute atomic E-state index is 12.2. The van der Waals surface area contributed by atoms with Gasteiger partial charge in [0.15, 0.2) is 5.78 Å². The van der Waals surface area contributed by atoms with E-state index in [4.69, 9.17) is 17.3 Å². The van der Waals surface area contributed by atoms with Crippen molar-refractivity contribution in [1.82, 2.24) is 4.98 Å². The van der Waals surface area contributed by atoms with Crippen LogP contribution in [0.1, 0.15) is 16.1 Å². The zero-order valence-electron chi connectivity index (χ0n) is 7.31. The first-order valence-electron chi connectivity index (χ1n) is 3.82. The van der Waals surface area contributed by atoms with Crippen LogP contribution in [-0.4, -0.2) is 17.3 Å². The summed E-state index contributed by atoms with van der Waals surface area (Å²) < 4.78 is 36.5. The Balaban J connectivity index is 3.15. The van der Waals surface area contributed by atoms with E-state index in [1.165, 1.54) is 0 Å². The molecule has 0 saturated carbocycles. The number of carbonyl (C=O) groups is 1. The number of Topliss-reactive ketones (excluding diaryl/α,β-unsaturated/α-hetero) is 1. The maximum atomic E-state index is 12.2. The van der Waals surface area contributed by atoms with Crippen molar-refractivity contribution in [2.45, 2.75) is 6.18 Å². The Kier molecular flexibility index (Phi) is 3.31. The second-order valence-corrected chi connectivity index (χ2v) is 3.09. The molecule has 0 aliphatic rings. The molecule has 0 aliphatic carbocycles. The molecule has 0 fully saturated rings. The highest BCUT2D eigenvalue weighted by Crippen LogP contribution is 2.30. The van der Waals surface area contributed by atoms with Crippen LogP contribution in [-0.2, 0) is 6.18 Å². The van der Waals surface area contributed by atoms with Gasteiger partial charge in [-0.05, 0) is 6.07 Å². The summed E-state index contributed by atoms with van der Waals surface area (Å²) in [5.41, 5.74) is 3.78. The van der Waals surface area contributed by atoms with Crippen LogP contribution in [0.25, 0.3) is 0 Å². The molecule has 0 aliphatic heterocycles. The summed E-state index contributed by atoms with van der Waals surface area (Å²) in [5, 5.41) is -0.347. The number of aromatic nitrogens is 1. The molecule has 0 spiro atoms. The molecule has 82 valence electrons. The van der Waals surface area contributed by atoms with Gasteiger partial charge in [0.2, 0.25) is 0 Å².